The highest BCUT2D eigenvalue weighted by Crippen LogP contribution is 2.37. The summed E-state index contributed by atoms with van der Waals surface area (Å²) in [6.45, 7) is 0. The molecule has 43 heavy (non-hydrogen) atoms. The van der Waals surface area contributed by atoms with Crippen LogP contribution < -0.4 is 16.0 Å². The maximum Gasteiger partial charge on any atom is 0.272 e. The molecule has 0 aliphatic carbocycles. The number of hydrogen-bond donors (Lipinski definition) is 3. The standard InChI is InChI=1S/C33H25FN4O3S2/c34-25-13-11-22(12-14-25)21-28(37-30(39)24-9-5-2-6-10-24)31(40)36-26-15-17-27(18-16-26)43-29(23-7-3-1-4-8-23)32(41)38-33-35-19-20-42-33/h1-21,29H,(H,36,40)(H,37,39)(H,35,38,41)/b28-21-. The Morgan fingerprint density at radius 2 is 1.49 bits per heavy atom. The molecule has 3 amide bonds. The summed E-state index contributed by atoms with van der Waals surface area (Å²) in [6, 6.07) is 30.6. The quantitative estimate of drug-likeness (QED) is 0.115. The van der Waals surface area contributed by atoms with Crippen LogP contribution in [0, 0.1) is 5.82 Å². The van der Waals surface area contributed by atoms with E-state index in [0.29, 0.717) is 21.9 Å². The van der Waals surface area contributed by atoms with E-state index >= 15 is 0 Å². The van der Waals surface area contributed by atoms with Gasteiger partial charge in [-0.1, -0.05) is 60.7 Å². The molecule has 1 heterocycles. The number of anilines is 2. The molecule has 3 N–H and O–H groups in total. The van der Waals surface area contributed by atoms with E-state index < -0.39 is 22.9 Å². The zero-order valence-electron chi connectivity index (χ0n) is 22.6. The molecule has 4 aromatic carbocycles. The van der Waals surface area contributed by atoms with Crippen LogP contribution in [0.3, 0.4) is 0 Å². The van der Waals surface area contributed by atoms with Crippen LogP contribution in [0.25, 0.3) is 6.08 Å². The Bertz CT molecular complexity index is 1710. The molecule has 214 valence electrons. The van der Waals surface area contributed by atoms with E-state index in [1.807, 2.05) is 30.3 Å². The molecule has 10 heteroatoms. The number of aromatic nitrogens is 1. The van der Waals surface area contributed by atoms with Crippen molar-refractivity contribution in [2.75, 3.05) is 10.6 Å². The molecule has 0 spiro atoms. The van der Waals surface area contributed by atoms with Gasteiger partial charge in [0.1, 0.15) is 16.8 Å². The van der Waals surface area contributed by atoms with Crippen molar-refractivity contribution in [1.82, 2.24) is 10.3 Å². The van der Waals surface area contributed by atoms with Crippen molar-refractivity contribution < 1.29 is 18.8 Å². The van der Waals surface area contributed by atoms with E-state index in [2.05, 4.69) is 20.9 Å². The van der Waals surface area contributed by atoms with Crippen LogP contribution in [0.4, 0.5) is 15.2 Å². The summed E-state index contributed by atoms with van der Waals surface area (Å²) in [4.78, 5) is 44.3. The van der Waals surface area contributed by atoms with E-state index in [1.54, 1.807) is 66.2 Å². The molecule has 1 aromatic heterocycles. The molecule has 0 aliphatic rings. The monoisotopic (exact) mass is 608 g/mol. The summed E-state index contributed by atoms with van der Waals surface area (Å²) in [5, 5.41) is 10.1. The van der Waals surface area contributed by atoms with Crippen LogP contribution >= 0.6 is 23.1 Å². The van der Waals surface area contributed by atoms with E-state index in [-0.39, 0.29) is 11.6 Å². The molecular weight excluding hydrogens is 584 g/mol. The van der Waals surface area contributed by atoms with Crippen LogP contribution in [0.1, 0.15) is 26.7 Å². The van der Waals surface area contributed by atoms with Gasteiger partial charge in [0.15, 0.2) is 5.13 Å². The number of benzene rings is 4. The predicted molar refractivity (Wildman–Crippen MR) is 169 cm³/mol. The molecule has 0 radical (unpaired) electrons. The number of thioether (sulfide) groups is 1. The van der Waals surface area contributed by atoms with Crippen LogP contribution in [-0.2, 0) is 9.59 Å². The lowest BCUT2D eigenvalue weighted by Crippen LogP contribution is -2.30. The Balaban J connectivity index is 1.32. The lowest BCUT2D eigenvalue weighted by Gasteiger charge is -2.16. The number of nitrogens with zero attached hydrogens (tertiary/aromatic N) is 1. The van der Waals surface area contributed by atoms with Gasteiger partial charge in [-0.2, -0.15) is 0 Å². The number of rotatable bonds is 10. The Hall–Kier alpha value is -5.06. The van der Waals surface area contributed by atoms with Gasteiger partial charge in [0, 0.05) is 27.7 Å². The maximum absolute atomic E-state index is 13.4. The number of carbonyl (C=O) groups excluding carboxylic acids is 3. The van der Waals surface area contributed by atoms with Crippen LogP contribution in [-0.4, -0.2) is 22.7 Å². The van der Waals surface area contributed by atoms with E-state index in [1.165, 1.54) is 53.4 Å². The maximum atomic E-state index is 13.4. The van der Waals surface area contributed by atoms with Gasteiger partial charge in [-0.15, -0.1) is 23.1 Å². The second-order valence-electron chi connectivity index (χ2n) is 9.14. The smallest absolute Gasteiger partial charge is 0.272 e. The summed E-state index contributed by atoms with van der Waals surface area (Å²) < 4.78 is 13.4. The fourth-order valence-corrected chi connectivity index (χ4v) is 5.53. The molecule has 5 rings (SSSR count). The third-order valence-electron chi connectivity index (χ3n) is 6.08. The van der Waals surface area contributed by atoms with Gasteiger partial charge in [0.2, 0.25) is 5.91 Å². The average molecular weight is 609 g/mol. The Kier molecular flexibility index (Phi) is 9.73. The van der Waals surface area contributed by atoms with E-state index in [9.17, 15) is 18.8 Å². The van der Waals surface area contributed by atoms with Gasteiger partial charge in [-0.3, -0.25) is 14.4 Å². The summed E-state index contributed by atoms with van der Waals surface area (Å²) in [6.07, 6.45) is 3.11. The minimum Gasteiger partial charge on any atom is -0.321 e. The second kappa shape index (κ2) is 14.2. The Morgan fingerprint density at radius 1 is 0.814 bits per heavy atom. The van der Waals surface area contributed by atoms with Crippen molar-refractivity contribution in [3.05, 3.63) is 149 Å². The molecule has 0 saturated carbocycles. The second-order valence-corrected chi connectivity index (χ2v) is 11.2. The topological polar surface area (TPSA) is 100 Å². The fourth-order valence-electron chi connectivity index (χ4n) is 3.98. The summed E-state index contributed by atoms with van der Waals surface area (Å²) >= 11 is 2.71. The molecule has 1 unspecified atom stereocenters. The largest absolute Gasteiger partial charge is 0.321 e. The third kappa shape index (κ3) is 8.25. The predicted octanol–water partition coefficient (Wildman–Crippen LogP) is 7.16. The molecule has 7 nitrogen and oxygen atoms in total. The van der Waals surface area contributed by atoms with Gasteiger partial charge in [0.05, 0.1) is 0 Å². The van der Waals surface area contributed by atoms with E-state index in [0.717, 1.165) is 10.5 Å². The molecule has 5 aromatic rings. The first-order valence-electron chi connectivity index (χ1n) is 13.1. The number of carbonyl (C=O) groups is 3. The summed E-state index contributed by atoms with van der Waals surface area (Å²) in [7, 11) is 0. The number of nitrogens with one attached hydrogen (secondary N) is 3. The minimum atomic E-state index is -0.556. The van der Waals surface area contributed by atoms with Gasteiger partial charge in [0.25, 0.3) is 11.8 Å². The lowest BCUT2D eigenvalue weighted by atomic mass is 10.1. The summed E-state index contributed by atoms with van der Waals surface area (Å²) in [5.74, 6) is -1.63. The molecule has 0 bridgehead atoms. The first-order chi connectivity index (χ1) is 20.9. The van der Waals surface area contributed by atoms with Gasteiger partial charge in [-0.25, -0.2) is 9.37 Å². The van der Waals surface area contributed by atoms with Crippen molar-refractivity contribution in [3.8, 4) is 0 Å². The summed E-state index contributed by atoms with van der Waals surface area (Å²) in [5.41, 5.74) is 2.23. The average Bonchev–Trinajstić information content (AvgIpc) is 3.55. The third-order valence-corrected chi connectivity index (χ3v) is 8.03. The number of amides is 3. The highest BCUT2D eigenvalue weighted by molar-refractivity contribution is 8.00. The molecule has 0 aliphatic heterocycles. The Morgan fingerprint density at radius 3 is 2.14 bits per heavy atom. The first kappa shape index (κ1) is 29.4. The van der Waals surface area contributed by atoms with Crippen LogP contribution in [0.2, 0.25) is 0 Å². The molecule has 0 fully saturated rings. The van der Waals surface area contributed by atoms with Crippen molar-refractivity contribution >= 4 is 57.7 Å². The van der Waals surface area contributed by atoms with Gasteiger partial charge in [-0.05, 0) is 65.7 Å². The normalized spacial score (nSPS) is 11.8. The number of thiazole rings is 1. The zero-order chi connectivity index (χ0) is 30.0. The lowest BCUT2D eigenvalue weighted by molar-refractivity contribution is -0.116. The van der Waals surface area contributed by atoms with Crippen molar-refractivity contribution in [2.45, 2.75) is 10.1 Å². The molecule has 1 atom stereocenters. The fraction of sp³-hybridized carbons (Fsp3) is 0.0303. The van der Waals surface area contributed by atoms with Gasteiger partial charge >= 0.3 is 0 Å². The number of hydrogen-bond acceptors (Lipinski definition) is 6. The van der Waals surface area contributed by atoms with Crippen molar-refractivity contribution in [2.24, 2.45) is 0 Å². The van der Waals surface area contributed by atoms with Crippen LogP contribution in [0.15, 0.2) is 131 Å². The SMILES string of the molecule is O=C(Nc1ccc(SC(C(=O)Nc2nccs2)c2ccccc2)cc1)/C(=C/c1ccc(F)cc1)NC(=O)c1ccccc1. The zero-order valence-corrected chi connectivity index (χ0v) is 24.2. The van der Waals surface area contributed by atoms with Gasteiger partial charge < -0.3 is 16.0 Å². The number of halogens is 1. The van der Waals surface area contributed by atoms with Crippen LogP contribution in [0.5, 0.6) is 0 Å². The van der Waals surface area contributed by atoms with Crippen molar-refractivity contribution in [1.29, 1.82) is 0 Å². The molecule has 0 saturated heterocycles. The minimum absolute atomic E-state index is 0.0121. The highest BCUT2D eigenvalue weighted by Gasteiger charge is 2.23. The van der Waals surface area contributed by atoms with E-state index in [4.69, 9.17) is 0 Å². The highest BCUT2D eigenvalue weighted by atomic mass is 32.2. The van der Waals surface area contributed by atoms with Crippen molar-refractivity contribution in [3.63, 3.8) is 0 Å². The first-order valence-corrected chi connectivity index (χ1v) is 14.9. The molecular formula is C33H25FN4O3S2. The Labute approximate surface area is 255 Å².